The van der Waals surface area contributed by atoms with Gasteiger partial charge in [-0.15, -0.1) is 0 Å². The monoisotopic (exact) mass is 309 g/mol. The molecule has 0 aromatic heterocycles. The van der Waals surface area contributed by atoms with Crippen LogP contribution in [0, 0.1) is 5.92 Å². The highest BCUT2D eigenvalue weighted by molar-refractivity contribution is 9.10. The molecule has 0 saturated heterocycles. The van der Waals surface area contributed by atoms with Crippen LogP contribution in [0.2, 0.25) is 0 Å². The third kappa shape index (κ3) is 4.10. The minimum Gasteiger partial charge on any atom is -0.310 e. The molecule has 0 unspecified atom stereocenters. The predicted octanol–water partition coefficient (Wildman–Crippen LogP) is 4.90. The zero-order chi connectivity index (χ0) is 12.8. The zero-order valence-electron chi connectivity index (χ0n) is 11.3. The van der Waals surface area contributed by atoms with Gasteiger partial charge in [0.1, 0.15) is 0 Å². The molecule has 1 saturated carbocycles. The summed E-state index contributed by atoms with van der Waals surface area (Å²) in [4.78, 5) is 0. The molecule has 1 aromatic carbocycles. The molecule has 2 rings (SSSR count). The summed E-state index contributed by atoms with van der Waals surface area (Å²) in [5, 5.41) is 3.71. The predicted molar refractivity (Wildman–Crippen MR) is 81.6 cm³/mol. The fourth-order valence-electron chi connectivity index (χ4n) is 2.89. The van der Waals surface area contributed by atoms with Crippen molar-refractivity contribution in [2.45, 2.75) is 58.0 Å². The summed E-state index contributed by atoms with van der Waals surface area (Å²) < 4.78 is 1.21. The molecule has 1 atom stereocenters. The summed E-state index contributed by atoms with van der Waals surface area (Å²) in [6.45, 7) is 3.33. The van der Waals surface area contributed by atoms with E-state index in [0.717, 1.165) is 12.5 Å². The molecule has 1 N–H and O–H groups in total. The summed E-state index contributed by atoms with van der Waals surface area (Å²) in [6.07, 6.45) is 8.53. The first-order chi connectivity index (χ1) is 8.77. The molecule has 0 heterocycles. The van der Waals surface area contributed by atoms with E-state index < -0.39 is 0 Å². The first-order valence-electron chi connectivity index (χ1n) is 7.24. The topological polar surface area (TPSA) is 12.0 Å². The van der Waals surface area contributed by atoms with E-state index in [1.807, 2.05) is 0 Å². The molecule has 1 nitrogen and oxygen atoms in total. The molecule has 1 fully saturated rings. The van der Waals surface area contributed by atoms with Crippen molar-refractivity contribution in [1.29, 1.82) is 0 Å². The van der Waals surface area contributed by atoms with Gasteiger partial charge >= 0.3 is 0 Å². The first-order valence-corrected chi connectivity index (χ1v) is 8.03. The smallest absolute Gasteiger partial charge is 0.0220 e. The van der Waals surface area contributed by atoms with Gasteiger partial charge in [-0.2, -0.15) is 0 Å². The van der Waals surface area contributed by atoms with Crippen molar-refractivity contribution in [3.8, 4) is 0 Å². The average molecular weight is 310 g/mol. The Kier molecular flexibility index (Phi) is 5.71. The van der Waals surface area contributed by atoms with E-state index >= 15 is 0 Å². The molecule has 1 aliphatic carbocycles. The quantitative estimate of drug-likeness (QED) is 0.780. The molecule has 18 heavy (non-hydrogen) atoms. The van der Waals surface area contributed by atoms with Gasteiger partial charge in [0.15, 0.2) is 0 Å². The van der Waals surface area contributed by atoms with Crippen molar-refractivity contribution in [1.82, 2.24) is 5.32 Å². The highest BCUT2D eigenvalue weighted by atomic mass is 79.9. The van der Waals surface area contributed by atoms with Crippen LogP contribution in [0.3, 0.4) is 0 Å². The van der Waals surface area contributed by atoms with Crippen LogP contribution in [0.15, 0.2) is 28.7 Å². The number of hydrogen-bond acceptors (Lipinski definition) is 1. The summed E-state index contributed by atoms with van der Waals surface area (Å²) in [5.74, 6) is 0.870. The lowest BCUT2D eigenvalue weighted by molar-refractivity contribution is 0.336. The Morgan fingerprint density at radius 3 is 2.50 bits per heavy atom. The van der Waals surface area contributed by atoms with Crippen LogP contribution in [0.25, 0.3) is 0 Å². The molecule has 1 aromatic rings. The van der Waals surface area contributed by atoms with E-state index in [0.29, 0.717) is 6.04 Å². The largest absolute Gasteiger partial charge is 0.310 e. The van der Waals surface area contributed by atoms with Crippen molar-refractivity contribution in [2.75, 3.05) is 0 Å². The van der Waals surface area contributed by atoms with Gasteiger partial charge < -0.3 is 5.32 Å². The van der Waals surface area contributed by atoms with Gasteiger partial charge in [0, 0.05) is 17.1 Å². The van der Waals surface area contributed by atoms with Gasteiger partial charge in [0.25, 0.3) is 0 Å². The summed E-state index contributed by atoms with van der Waals surface area (Å²) in [7, 11) is 0. The third-order valence-corrected chi connectivity index (χ3v) is 4.95. The summed E-state index contributed by atoms with van der Waals surface area (Å²) in [6, 6.07) is 9.13. The molecular weight excluding hydrogens is 286 g/mol. The van der Waals surface area contributed by atoms with E-state index in [4.69, 9.17) is 0 Å². The van der Waals surface area contributed by atoms with Gasteiger partial charge in [-0.05, 0) is 37.3 Å². The van der Waals surface area contributed by atoms with Crippen LogP contribution in [-0.4, -0.2) is 6.04 Å². The van der Waals surface area contributed by atoms with E-state index in [-0.39, 0.29) is 0 Å². The Bertz CT molecular complexity index is 356. The Balaban J connectivity index is 1.83. The summed E-state index contributed by atoms with van der Waals surface area (Å²) in [5.41, 5.74) is 1.36. The molecule has 0 aliphatic heterocycles. The zero-order valence-corrected chi connectivity index (χ0v) is 12.9. The molecule has 0 amide bonds. The second-order valence-corrected chi connectivity index (χ2v) is 6.37. The standard InChI is InChI=1S/C16H24BrN/c1-13(14-8-4-2-3-5-9-14)18-12-15-10-6-7-11-16(15)17/h6-7,10-11,13-14,18H,2-5,8-9,12H2,1H3/t13-/m1/s1. The number of nitrogens with one attached hydrogen (secondary N) is 1. The fourth-order valence-corrected chi connectivity index (χ4v) is 3.32. The normalized spacial score (nSPS) is 19.4. The van der Waals surface area contributed by atoms with Crippen molar-refractivity contribution >= 4 is 15.9 Å². The maximum Gasteiger partial charge on any atom is 0.0220 e. The number of rotatable bonds is 4. The van der Waals surface area contributed by atoms with Crippen LogP contribution in [-0.2, 0) is 6.54 Å². The van der Waals surface area contributed by atoms with Gasteiger partial charge in [-0.25, -0.2) is 0 Å². The number of benzene rings is 1. The molecule has 2 heteroatoms. The van der Waals surface area contributed by atoms with Crippen molar-refractivity contribution in [3.63, 3.8) is 0 Å². The number of halogens is 1. The minimum absolute atomic E-state index is 0.634. The highest BCUT2D eigenvalue weighted by Gasteiger charge is 2.18. The SMILES string of the molecule is C[C@@H](NCc1ccccc1Br)C1CCCCCC1. The molecular formula is C16H24BrN. The molecule has 0 spiro atoms. The lowest BCUT2D eigenvalue weighted by atomic mass is 9.93. The summed E-state index contributed by atoms with van der Waals surface area (Å²) >= 11 is 3.61. The van der Waals surface area contributed by atoms with Gasteiger partial charge in [0.05, 0.1) is 0 Å². The van der Waals surface area contributed by atoms with Crippen LogP contribution in [0.5, 0.6) is 0 Å². The van der Waals surface area contributed by atoms with Crippen LogP contribution in [0.1, 0.15) is 51.0 Å². The molecule has 100 valence electrons. The Morgan fingerprint density at radius 1 is 1.17 bits per heavy atom. The van der Waals surface area contributed by atoms with Crippen molar-refractivity contribution in [3.05, 3.63) is 34.3 Å². The van der Waals surface area contributed by atoms with Crippen LogP contribution in [0.4, 0.5) is 0 Å². The average Bonchev–Trinajstić information content (AvgIpc) is 2.66. The first kappa shape index (κ1) is 14.1. The maximum atomic E-state index is 3.71. The van der Waals surface area contributed by atoms with E-state index in [2.05, 4.69) is 52.4 Å². The minimum atomic E-state index is 0.634. The van der Waals surface area contributed by atoms with Gasteiger partial charge in [-0.3, -0.25) is 0 Å². The van der Waals surface area contributed by atoms with Crippen LogP contribution < -0.4 is 5.32 Å². The Labute approximate surface area is 119 Å². The molecule has 0 bridgehead atoms. The van der Waals surface area contributed by atoms with Crippen molar-refractivity contribution in [2.24, 2.45) is 5.92 Å². The molecule has 1 aliphatic rings. The lowest BCUT2D eigenvalue weighted by Crippen LogP contribution is -2.33. The van der Waals surface area contributed by atoms with Crippen LogP contribution >= 0.6 is 15.9 Å². The maximum absolute atomic E-state index is 3.71. The fraction of sp³-hybridized carbons (Fsp3) is 0.625. The third-order valence-electron chi connectivity index (χ3n) is 4.18. The highest BCUT2D eigenvalue weighted by Crippen LogP contribution is 2.26. The van der Waals surface area contributed by atoms with E-state index in [1.54, 1.807) is 0 Å². The van der Waals surface area contributed by atoms with Gasteiger partial charge in [-0.1, -0.05) is 59.8 Å². The van der Waals surface area contributed by atoms with Crippen molar-refractivity contribution < 1.29 is 0 Å². The number of hydrogen-bond donors (Lipinski definition) is 1. The molecule has 0 radical (unpaired) electrons. The Hall–Kier alpha value is -0.340. The Morgan fingerprint density at radius 2 is 1.83 bits per heavy atom. The second-order valence-electron chi connectivity index (χ2n) is 5.51. The van der Waals surface area contributed by atoms with E-state index in [1.165, 1.54) is 48.6 Å². The van der Waals surface area contributed by atoms with Gasteiger partial charge in [0.2, 0.25) is 0 Å². The second kappa shape index (κ2) is 7.30. The van der Waals surface area contributed by atoms with E-state index in [9.17, 15) is 0 Å². The lowest BCUT2D eigenvalue weighted by Gasteiger charge is -2.24.